The van der Waals surface area contributed by atoms with Gasteiger partial charge in [-0.05, 0) is 40.6 Å². The zero-order valence-corrected chi connectivity index (χ0v) is 16.1. The molecule has 2 aromatic carbocycles. The zero-order chi connectivity index (χ0) is 17.7. The quantitative estimate of drug-likeness (QED) is 0.314. The summed E-state index contributed by atoms with van der Waals surface area (Å²) in [4.78, 5) is 12.5. The second-order valence-corrected chi connectivity index (χ2v) is 8.51. The third kappa shape index (κ3) is 2.18. The first kappa shape index (κ1) is 17.1. The smallest absolute Gasteiger partial charge is 0.258 e. The lowest BCUT2D eigenvalue weighted by Gasteiger charge is -2.58. The van der Waals surface area contributed by atoms with Gasteiger partial charge in [0, 0.05) is 16.7 Å². The van der Waals surface area contributed by atoms with E-state index >= 15 is 0 Å². The van der Waals surface area contributed by atoms with Crippen molar-refractivity contribution in [3.8, 4) is 5.75 Å². The number of β-lactam (4-membered cyclic amide) rings is 1. The highest BCUT2D eigenvalue weighted by Crippen LogP contribution is 2.67. The molecule has 1 spiro atoms. The normalized spacial score (nSPS) is 28.0. The number of ether oxygens (including phenoxy) is 1. The van der Waals surface area contributed by atoms with Crippen molar-refractivity contribution in [3.05, 3.63) is 60.2 Å². The fraction of sp³-hybridized carbons (Fsp3) is 0.176. The molecule has 2 atom stereocenters. The third-order valence-electron chi connectivity index (χ3n) is 4.34. The van der Waals surface area contributed by atoms with E-state index in [2.05, 4.69) is 4.40 Å². The van der Waals surface area contributed by atoms with Gasteiger partial charge in [0.15, 0.2) is 14.9 Å². The summed E-state index contributed by atoms with van der Waals surface area (Å²) in [6, 6.07) is 16.5. The summed E-state index contributed by atoms with van der Waals surface area (Å²) in [5.74, 6) is 0.480. The Morgan fingerprint density at radius 1 is 1.12 bits per heavy atom. The molecule has 2 unspecified atom stereocenters. The van der Waals surface area contributed by atoms with Crippen molar-refractivity contribution in [3.63, 3.8) is 0 Å². The number of hydrogen-bond acceptors (Lipinski definition) is 5. The van der Waals surface area contributed by atoms with Gasteiger partial charge >= 0.3 is 0 Å². The minimum Gasteiger partial charge on any atom is -0.497 e. The maximum Gasteiger partial charge on any atom is 0.258 e. The number of alkyl halides is 1. The summed E-state index contributed by atoms with van der Waals surface area (Å²) in [6.45, 7) is 0. The number of nitrogens with zero attached hydrogens (tertiary/aromatic N) is 2. The molecule has 2 aliphatic rings. The second kappa shape index (κ2) is 6.13. The van der Waals surface area contributed by atoms with Crippen molar-refractivity contribution in [2.45, 2.75) is 9.75 Å². The number of halogens is 2. The Bertz CT molecular complexity index is 863. The topological polar surface area (TPSA) is 41.9 Å². The molecule has 1 fully saturated rings. The highest BCUT2D eigenvalue weighted by molar-refractivity contribution is 8.77. The number of amides is 1. The highest BCUT2D eigenvalue weighted by atomic mass is 35.5. The van der Waals surface area contributed by atoms with Crippen LogP contribution < -0.4 is 9.64 Å². The molecule has 8 heteroatoms. The van der Waals surface area contributed by atoms with E-state index in [9.17, 15) is 4.79 Å². The van der Waals surface area contributed by atoms with E-state index in [0.29, 0.717) is 22.2 Å². The number of carbonyl (C=O) groups excluding carboxylic acids is 1. The van der Waals surface area contributed by atoms with Crippen LogP contribution in [0.2, 0.25) is 0 Å². The van der Waals surface area contributed by atoms with Gasteiger partial charge in [0.2, 0.25) is 0 Å². The maximum atomic E-state index is 13.2. The lowest BCUT2D eigenvalue weighted by Crippen LogP contribution is -2.78. The molecule has 0 radical (unpaired) electrons. The molecule has 0 saturated carbocycles. The van der Waals surface area contributed by atoms with Crippen LogP contribution in [0.5, 0.6) is 5.75 Å². The van der Waals surface area contributed by atoms with Gasteiger partial charge < -0.3 is 4.74 Å². The summed E-state index contributed by atoms with van der Waals surface area (Å²) >= 11 is 13.4. The monoisotopic (exact) mass is 410 g/mol. The van der Waals surface area contributed by atoms with E-state index in [-0.39, 0.29) is 5.91 Å². The van der Waals surface area contributed by atoms with Crippen LogP contribution >= 0.6 is 45.0 Å². The first-order chi connectivity index (χ1) is 12.1. The lowest BCUT2D eigenvalue weighted by molar-refractivity contribution is -0.127. The Morgan fingerprint density at radius 3 is 2.36 bits per heavy atom. The van der Waals surface area contributed by atoms with E-state index in [1.54, 1.807) is 24.1 Å². The number of carbonyl (C=O) groups is 1. The molecule has 1 amide bonds. The van der Waals surface area contributed by atoms with Crippen LogP contribution in [0.15, 0.2) is 59.0 Å². The van der Waals surface area contributed by atoms with Crippen LogP contribution in [0.25, 0.3) is 0 Å². The predicted molar refractivity (Wildman–Crippen MR) is 106 cm³/mol. The van der Waals surface area contributed by atoms with E-state index in [0.717, 1.165) is 0 Å². The van der Waals surface area contributed by atoms with E-state index < -0.39 is 9.75 Å². The summed E-state index contributed by atoms with van der Waals surface area (Å²) in [6.07, 6.45) is 0. The van der Waals surface area contributed by atoms with Gasteiger partial charge in [-0.15, -0.1) is 0 Å². The fourth-order valence-corrected chi connectivity index (χ4v) is 7.07. The van der Waals surface area contributed by atoms with Gasteiger partial charge in [-0.1, -0.05) is 53.5 Å². The van der Waals surface area contributed by atoms with Crippen molar-refractivity contribution < 1.29 is 9.53 Å². The molecule has 2 aromatic rings. The van der Waals surface area contributed by atoms with Crippen LogP contribution in [-0.4, -0.2) is 23.1 Å². The molecule has 0 N–H and O–H groups in total. The first-order valence-corrected chi connectivity index (χ1v) is 10.2. The van der Waals surface area contributed by atoms with Gasteiger partial charge in [0.05, 0.1) is 7.11 Å². The third-order valence-corrected chi connectivity index (χ3v) is 8.10. The highest BCUT2D eigenvalue weighted by Gasteiger charge is 2.76. The molecule has 128 valence electrons. The second-order valence-electron chi connectivity index (χ2n) is 5.55. The van der Waals surface area contributed by atoms with Crippen LogP contribution in [-0.2, 0) is 9.67 Å². The predicted octanol–water partition coefficient (Wildman–Crippen LogP) is 4.82. The largest absolute Gasteiger partial charge is 0.497 e. The van der Waals surface area contributed by atoms with Gasteiger partial charge in [-0.3, -0.25) is 9.69 Å². The molecule has 2 aliphatic heterocycles. The minimum absolute atomic E-state index is 0.228. The SMILES string of the molecule is COc1ccc(N2C(=O)C(Cl)(c3ccccc3)C23SSN=C3Cl)cc1. The average Bonchev–Trinajstić information content (AvgIpc) is 3.06. The van der Waals surface area contributed by atoms with Crippen molar-refractivity contribution in [2.24, 2.45) is 4.40 Å². The summed E-state index contributed by atoms with van der Waals surface area (Å²) in [5, 5.41) is 0.303. The number of rotatable bonds is 3. The van der Waals surface area contributed by atoms with Gasteiger partial charge in [0.1, 0.15) is 5.75 Å². The molecule has 0 aromatic heterocycles. The maximum absolute atomic E-state index is 13.2. The van der Waals surface area contributed by atoms with Crippen molar-refractivity contribution in [1.82, 2.24) is 0 Å². The molecule has 4 nitrogen and oxygen atoms in total. The molecule has 0 bridgehead atoms. The summed E-state index contributed by atoms with van der Waals surface area (Å²) in [7, 11) is 4.22. The number of benzene rings is 2. The Balaban J connectivity index is 1.84. The molecule has 4 rings (SSSR count). The molecular weight excluding hydrogens is 399 g/mol. The molecular formula is C17H12Cl2N2O2S2. The number of anilines is 1. The van der Waals surface area contributed by atoms with Gasteiger partial charge in [-0.25, -0.2) is 0 Å². The van der Waals surface area contributed by atoms with Gasteiger partial charge in [0.25, 0.3) is 5.91 Å². The standard InChI is InChI=1S/C17H12Cl2N2O2S2/c1-23-13-9-7-12(8-10-13)21-15(22)16(19,11-5-3-2-4-6-11)17(21)14(18)20-25-24-17/h2-10H,1H3. The minimum atomic E-state index is -1.30. The van der Waals surface area contributed by atoms with Crippen LogP contribution in [0.1, 0.15) is 5.56 Å². The fourth-order valence-electron chi connectivity index (χ4n) is 3.09. The van der Waals surface area contributed by atoms with Crippen LogP contribution in [0.4, 0.5) is 5.69 Å². The van der Waals surface area contributed by atoms with Crippen molar-refractivity contribution >= 4 is 61.7 Å². The Morgan fingerprint density at radius 2 is 1.80 bits per heavy atom. The Hall–Kier alpha value is -1.34. The molecule has 25 heavy (non-hydrogen) atoms. The molecule has 1 saturated heterocycles. The molecule has 0 aliphatic carbocycles. The van der Waals surface area contributed by atoms with Crippen LogP contribution in [0.3, 0.4) is 0 Å². The lowest BCUT2D eigenvalue weighted by atomic mass is 9.79. The summed E-state index contributed by atoms with van der Waals surface area (Å²) < 4.78 is 9.42. The summed E-state index contributed by atoms with van der Waals surface area (Å²) in [5.41, 5.74) is 1.40. The van der Waals surface area contributed by atoms with Crippen molar-refractivity contribution in [2.75, 3.05) is 12.0 Å². The van der Waals surface area contributed by atoms with E-state index in [1.807, 2.05) is 42.5 Å². The van der Waals surface area contributed by atoms with E-state index in [4.69, 9.17) is 27.9 Å². The number of methoxy groups -OCH3 is 1. The molecule has 2 heterocycles. The van der Waals surface area contributed by atoms with Crippen molar-refractivity contribution in [1.29, 1.82) is 0 Å². The Kier molecular flexibility index (Phi) is 4.19. The average molecular weight is 411 g/mol. The van der Waals surface area contributed by atoms with Crippen LogP contribution in [0, 0.1) is 0 Å². The van der Waals surface area contributed by atoms with E-state index in [1.165, 1.54) is 21.8 Å². The number of hydrogen-bond donors (Lipinski definition) is 0. The first-order valence-electron chi connectivity index (χ1n) is 7.37. The zero-order valence-electron chi connectivity index (χ0n) is 13.0. The Labute approximate surface area is 163 Å². The van der Waals surface area contributed by atoms with Gasteiger partial charge in [-0.2, -0.15) is 4.40 Å².